The molecule has 180 valence electrons. The number of nitrogens with zero attached hydrogens (tertiary/aromatic N) is 1. The van der Waals surface area contributed by atoms with Crippen molar-refractivity contribution in [3.05, 3.63) is 28.8 Å². The van der Waals surface area contributed by atoms with Crippen LogP contribution in [0.15, 0.2) is 12.1 Å². The summed E-state index contributed by atoms with van der Waals surface area (Å²) in [5, 5.41) is 0.0389. The molecule has 0 aliphatic carbocycles. The number of carbonyl (C=O) groups is 3. The number of unbranched alkanes of at least 4 members (excludes halogenated alkanes) is 8. The molecule has 0 saturated carbocycles. The van der Waals surface area contributed by atoms with Gasteiger partial charge in [0.1, 0.15) is 6.54 Å². The van der Waals surface area contributed by atoms with Gasteiger partial charge in [-0.1, -0.05) is 82.2 Å². The van der Waals surface area contributed by atoms with Crippen molar-refractivity contribution < 1.29 is 19.1 Å². The molecule has 0 fully saturated rings. The molecular formula is C26H41NO4S. The molecule has 1 amide bonds. The lowest BCUT2D eigenvalue weighted by Gasteiger charge is -2.26. The summed E-state index contributed by atoms with van der Waals surface area (Å²) in [5.74, 6) is -0.706. The van der Waals surface area contributed by atoms with Crippen LogP contribution in [0.3, 0.4) is 0 Å². The molecule has 6 heteroatoms. The summed E-state index contributed by atoms with van der Waals surface area (Å²) in [6.07, 6.45) is 11.3. The van der Waals surface area contributed by atoms with Crippen molar-refractivity contribution in [3.8, 4) is 0 Å². The number of methoxy groups -OCH3 is 1. The van der Waals surface area contributed by atoms with Gasteiger partial charge in [0.05, 0.1) is 18.6 Å². The van der Waals surface area contributed by atoms with Gasteiger partial charge in [0, 0.05) is 6.42 Å². The van der Waals surface area contributed by atoms with Crippen LogP contribution >= 0.6 is 11.8 Å². The fourth-order valence-electron chi connectivity index (χ4n) is 3.71. The number of rotatable bonds is 15. The van der Waals surface area contributed by atoms with Gasteiger partial charge >= 0.3 is 5.97 Å². The second-order valence-corrected chi connectivity index (χ2v) is 9.50. The minimum atomic E-state index is -0.482. The van der Waals surface area contributed by atoms with Gasteiger partial charge in [-0.25, -0.2) is 0 Å². The van der Waals surface area contributed by atoms with Crippen molar-refractivity contribution in [2.24, 2.45) is 0 Å². The minimum Gasteiger partial charge on any atom is -0.468 e. The van der Waals surface area contributed by atoms with E-state index in [2.05, 4.69) is 6.92 Å². The summed E-state index contributed by atoms with van der Waals surface area (Å²) in [6, 6.07) is 3.94. The van der Waals surface area contributed by atoms with Crippen molar-refractivity contribution in [1.29, 1.82) is 0 Å². The first-order chi connectivity index (χ1) is 15.3. The second kappa shape index (κ2) is 15.9. The van der Waals surface area contributed by atoms with Crippen LogP contribution in [-0.4, -0.2) is 36.4 Å². The summed E-state index contributed by atoms with van der Waals surface area (Å²) >= 11 is 1.05. The van der Waals surface area contributed by atoms with Crippen LogP contribution < -0.4 is 4.90 Å². The lowest BCUT2D eigenvalue weighted by Crippen LogP contribution is -2.38. The molecule has 5 nitrogen and oxygen atoms in total. The zero-order valence-electron chi connectivity index (χ0n) is 20.6. The number of thioether (sulfide) groups is 1. The molecule has 0 N–H and O–H groups in total. The van der Waals surface area contributed by atoms with Crippen molar-refractivity contribution in [3.63, 3.8) is 0 Å². The molecule has 0 aliphatic rings. The minimum absolute atomic E-state index is 0.0279. The van der Waals surface area contributed by atoms with E-state index in [4.69, 9.17) is 4.74 Å². The summed E-state index contributed by atoms with van der Waals surface area (Å²) in [5.41, 5.74) is 3.64. The van der Waals surface area contributed by atoms with E-state index in [1.807, 2.05) is 32.9 Å². The number of carbonyl (C=O) groups excluding carboxylic acids is 3. The van der Waals surface area contributed by atoms with Crippen molar-refractivity contribution in [1.82, 2.24) is 0 Å². The van der Waals surface area contributed by atoms with Crippen LogP contribution in [0.2, 0.25) is 0 Å². The Morgan fingerprint density at radius 2 is 1.44 bits per heavy atom. The van der Waals surface area contributed by atoms with Gasteiger partial charge in [-0.15, -0.1) is 0 Å². The molecule has 1 aromatic carbocycles. The Morgan fingerprint density at radius 1 is 0.875 bits per heavy atom. The summed E-state index contributed by atoms with van der Waals surface area (Å²) in [7, 11) is 1.31. The highest BCUT2D eigenvalue weighted by Crippen LogP contribution is 2.28. The average molecular weight is 464 g/mol. The number of amides is 1. The van der Waals surface area contributed by atoms with E-state index < -0.39 is 5.97 Å². The number of esters is 1. The number of ether oxygens (including phenoxy) is 1. The molecule has 0 aromatic heterocycles. The van der Waals surface area contributed by atoms with Gasteiger partial charge in [0.25, 0.3) is 0 Å². The highest BCUT2D eigenvalue weighted by Gasteiger charge is 2.24. The van der Waals surface area contributed by atoms with Gasteiger partial charge in [0.15, 0.2) is 5.12 Å². The summed E-state index contributed by atoms with van der Waals surface area (Å²) < 4.78 is 4.79. The summed E-state index contributed by atoms with van der Waals surface area (Å²) in [4.78, 5) is 38.7. The van der Waals surface area contributed by atoms with Gasteiger partial charge in [0.2, 0.25) is 5.91 Å². The summed E-state index contributed by atoms with van der Waals surface area (Å²) in [6.45, 7) is 7.90. The topological polar surface area (TPSA) is 63.7 Å². The molecule has 0 unspecified atom stereocenters. The molecule has 1 rings (SSSR count). The molecular weight excluding hydrogens is 422 g/mol. The second-order valence-electron chi connectivity index (χ2n) is 8.47. The highest BCUT2D eigenvalue weighted by molar-refractivity contribution is 8.14. The predicted octanol–water partition coefficient (Wildman–Crippen LogP) is 6.30. The monoisotopic (exact) mass is 463 g/mol. The Bertz CT molecular complexity index is 748. The zero-order valence-corrected chi connectivity index (χ0v) is 21.4. The van der Waals surface area contributed by atoms with Crippen LogP contribution in [0.1, 0.15) is 87.8 Å². The Hall–Kier alpha value is -1.82. The quantitative estimate of drug-likeness (QED) is 0.226. The first-order valence-electron chi connectivity index (χ1n) is 11.9. The van der Waals surface area contributed by atoms with E-state index in [0.29, 0.717) is 6.42 Å². The number of hydrogen-bond acceptors (Lipinski definition) is 5. The van der Waals surface area contributed by atoms with E-state index in [1.165, 1.54) is 57.0 Å². The number of anilines is 1. The van der Waals surface area contributed by atoms with Crippen molar-refractivity contribution >= 4 is 34.4 Å². The van der Waals surface area contributed by atoms with Crippen LogP contribution in [-0.2, 0) is 19.1 Å². The number of hydrogen-bond donors (Lipinski definition) is 0. The highest BCUT2D eigenvalue weighted by atomic mass is 32.2. The fraction of sp³-hybridized carbons (Fsp3) is 0.654. The largest absolute Gasteiger partial charge is 0.468 e. The number of benzene rings is 1. The Morgan fingerprint density at radius 3 is 2.03 bits per heavy atom. The molecule has 0 spiro atoms. The van der Waals surface area contributed by atoms with Crippen molar-refractivity contribution in [2.75, 3.05) is 24.3 Å². The Kier molecular flexibility index (Phi) is 14.0. The van der Waals surface area contributed by atoms with E-state index in [1.54, 1.807) is 0 Å². The Labute approximate surface area is 198 Å². The molecule has 0 heterocycles. The molecule has 0 aliphatic heterocycles. The molecule has 1 aromatic rings. The fourth-order valence-corrected chi connectivity index (χ4v) is 4.44. The molecule has 0 radical (unpaired) electrons. The first kappa shape index (κ1) is 28.2. The third-order valence-electron chi connectivity index (χ3n) is 5.83. The van der Waals surface area contributed by atoms with Crippen LogP contribution in [0, 0.1) is 20.8 Å². The van der Waals surface area contributed by atoms with Crippen LogP contribution in [0.25, 0.3) is 0 Å². The smallest absolute Gasteiger partial charge is 0.325 e. The molecule has 32 heavy (non-hydrogen) atoms. The zero-order chi connectivity index (χ0) is 23.9. The Balaban J connectivity index is 2.52. The van der Waals surface area contributed by atoms with Crippen LogP contribution in [0.5, 0.6) is 0 Å². The van der Waals surface area contributed by atoms with E-state index in [9.17, 15) is 14.4 Å². The molecule has 0 bridgehead atoms. The van der Waals surface area contributed by atoms with Gasteiger partial charge in [-0.2, -0.15) is 0 Å². The predicted molar refractivity (Wildman–Crippen MR) is 134 cm³/mol. The third-order valence-corrected chi connectivity index (χ3v) is 6.75. The van der Waals surface area contributed by atoms with Gasteiger partial charge in [-0.05, 0) is 43.9 Å². The number of aryl methyl sites for hydroxylation is 2. The van der Waals surface area contributed by atoms with E-state index >= 15 is 0 Å². The average Bonchev–Trinajstić information content (AvgIpc) is 2.78. The maximum Gasteiger partial charge on any atom is 0.325 e. The standard InChI is InChI=1S/C26H41NO4S/c1-6-7-8-9-10-11-12-13-14-15-25(30)32-19-23(28)27(18-24(29)31-5)26-21(3)17-16-20(2)22(26)4/h16-17H,6-15,18-19H2,1-5H3. The van der Waals surface area contributed by atoms with Gasteiger partial charge in [-0.3, -0.25) is 19.3 Å². The lowest BCUT2D eigenvalue weighted by molar-refractivity contribution is -0.139. The lowest BCUT2D eigenvalue weighted by atomic mass is 10.0. The van der Waals surface area contributed by atoms with Gasteiger partial charge < -0.3 is 4.74 Å². The van der Waals surface area contributed by atoms with Crippen molar-refractivity contribution in [2.45, 2.75) is 91.9 Å². The van der Waals surface area contributed by atoms with E-state index in [0.717, 1.165) is 47.0 Å². The maximum atomic E-state index is 13.0. The van der Waals surface area contributed by atoms with E-state index in [-0.39, 0.29) is 23.3 Å². The first-order valence-corrected chi connectivity index (χ1v) is 12.9. The molecule has 0 saturated heterocycles. The van der Waals surface area contributed by atoms with Crippen LogP contribution in [0.4, 0.5) is 5.69 Å². The SMILES string of the molecule is CCCCCCCCCCCC(=O)SCC(=O)N(CC(=O)OC)c1c(C)ccc(C)c1C. The third kappa shape index (κ3) is 10.2. The normalized spacial score (nSPS) is 10.8. The molecule has 0 atom stereocenters. The maximum absolute atomic E-state index is 13.0.